The van der Waals surface area contributed by atoms with Crippen LogP contribution in [0.2, 0.25) is 0 Å². The van der Waals surface area contributed by atoms with Crippen LogP contribution < -0.4 is 10.2 Å². The molecule has 1 aliphatic heterocycles. The third-order valence-electron chi connectivity index (χ3n) is 3.74. The molecule has 0 bridgehead atoms. The minimum atomic E-state index is -0.270. The van der Waals surface area contributed by atoms with Crippen LogP contribution in [0.5, 0.6) is 0 Å². The van der Waals surface area contributed by atoms with Gasteiger partial charge in [0.1, 0.15) is 0 Å². The van der Waals surface area contributed by atoms with Gasteiger partial charge in [-0.25, -0.2) is 0 Å². The van der Waals surface area contributed by atoms with E-state index < -0.39 is 0 Å². The number of hydrogen-bond donors (Lipinski definition) is 1. The van der Waals surface area contributed by atoms with Crippen LogP contribution in [-0.4, -0.2) is 18.4 Å². The van der Waals surface area contributed by atoms with E-state index in [-0.39, 0.29) is 11.8 Å². The van der Waals surface area contributed by atoms with Crippen LogP contribution in [0.3, 0.4) is 0 Å². The number of hydrogen-bond acceptors (Lipinski definition) is 3. The molecule has 0 aliphatic carbocycles. The van der Waals surface area contributed by atoms with Crippen molar-refractivity contribution in [3.63, 3.8) is 0 Å². The molecule has 1 fully saturated rings. The highest BCUT2D eigenvalue weighted by atomic mass is 16.2. The molecule has 2 aromatic rings. The Bertz CT molecular complexity index is 808. The number of nitriles is 1. The van der Waals surface area contributed by atoms with Gasteiger partial charge in [-0.2, -0.15) is 5.26 Å². The Hall–Kier alpha value is -3.13. The summed E-state index contributed by atoms with van der Waals surface area (Å²) in [6.07, 6.45) is 1.40. The van der Waals surface area contributed by atoms with Crippen molar-refractivity contribution in [1.82, 2.24) is 0 Å². The summed E-state index contributed by atoms with van der Waals surface area (Å²) in [5.41, 5.74) is 2.27. The third kappa shape index (κ3) is 3.22. The summed E-state index contributed by atoms with van der Waals surface area (Å²) in [6, 6.07) is 15.8. The van der Waals surface area contributed by atoms with Crippen molar-refractivity contribution in [2.24, 2.45) is 0 Å². The molecule has 0 radical (unpaired) electrons. The molecule has 114 valence electrons. The first-order chi connectivity index (χ1) is 11.2. The van der Waals surface area contributed by atoms with Gasteiger partial charge in [0.05, 0.1) is 11.6 Å². The number of benzene rings is 2. The first kappa shape index (κ1) is 14.8. The Labute approximate surface area is 134 Å². The molecule has 23 heavy (non-hydrogen) atoms. The predicted octanol–water partition coefficient (Wildman–Crippen LogP) is 2.94. The summed E-state index contributed by atoms with van der Waals surface area (Å²) < 4.78 is 0. The van der Waals surface area contributed by atoms with Crippen molar-refractivity contribution in [2.75, 3.05) is 16.8 Å². The van der Waals surface area contributed by atoms with Crippen LogP contribution >= 0.6 is 0 Å². The van der Waals surface area contributed by atoms with Crippen molar-refractivity contribution in [1.29, 1.82) is 5.26 Å². The van der Waals surface area contributed by atoms with E-state index in [0.29, 0.717) is 29.8 Å². The van der Waals surface area contributed by atoms with E-state index in [9.17, 15) is 9.59 Å². The molecule has 0 aromatic heterocycles. The SMILES string of the molecule is N#Cc1cccc(NC(=O)c2cccc(N3CCCC3=O)c2)c1. The quantitative estimate of drug-likeness (QED) is 0.947. The molecule has 0 saturated carbocycles. The normalized spacial score (nSPS) is 13.7. The van der Waals surface area contributed by atoms with Gasteiger partial charge in [0.15, 0.2) is 0 Å². The molecule has 0 atom stereocenters. The van der Waals surface area contributed by atoms with Gasteiger partial charge in [-0.3, -0.25) is 9.59 Å². The van der Waals surface area contributed by atoms with Gasteiger partial charge in [0.25, 0.3) is 5.91 Å². The average Bonchev–Trinajstić information content (AvgIpc) is 3.01. The van der Waals surface area contributed by atoms with Crippen LogP contribution in [-0.2, 0) is 4.79 Å². The molecule has 5 nitrogen and oxygen atoms in total. The number of nitrogens with zero attached hydrogens (tertiary/aromatic N) is 2. The first-order valence-electron chi connectivity index (χ1n) is 7.39. The number of carbonyl (C=O) groups is 2. The zero-order valence-corrected chi connectivity index (χ0v) is 12.5. The molecular weight excluding hydrogens is 290 g/mol. The lowest BCUT2D eigenvalue weighted by atomic mass is 10.1. The standard InChI is InChI=1S/C18H15N3O2/c19-12-13-4-1-6-15(10-13)20-18(23)14-5-2-7-16(11-14)21-9-3-8-17(21)22/h1-2,4-7,10-11H,3,8-9H2,(H,20,23). The maximum atomic E-state index is 12.4. The lowest BCUT2D eigenvalue weighted by molar-refractivity contribution is -0.117. The summed E-state index contributed by atoms with van der Waals surface area (Å²) in [4.78, 5) is 25.9. The zero-order chi connectivity index (χ0) is 16.2. The highest BCUT2D eigenvalue weighted by Gasteiger charge is 2.22. The maximum Gasteiger partial charge on any atom is 0.255 e. The highest BCUT2D eigenvalue weighted by molar-refractivity contribution is 6.05. The number of amides is 2. The molecule has 0 spiro atoms. The van der Waals surface area contributed by atoms with Crippen LogP contribution in [0.15, 0.2) is 48.5 Å². The van der Waals surface area contributed by atoms with Crippen LogP contribution in [0.1, 0.15) is 28.8 Å². The topological polar surface area (TPSA) is 73.2 Å². The average molecular weight is 305 g/mol. The van der Waals surface area contributed by atoms with Crippen LogP contribution in [0.25, 0.3) is 0 Å². The van der Waals surface area contributed by atoms with Crippen LogP contribution in [0.4, 0.5) is 11.4 Å². The third-order valence-corrected chi connectivity index (χ3v) is 3.74. The Morgan fingerprint density at radius 1 is 1.17 bits per heavy atom. The van der Waals surface area contributed by atoms with E-state index in [1.807, 2.05) is 12.1 Å². The second-order valence-electron chi connectivity index (χ2n) is 5.35. The fourth-order valence-corrected chi connectivity index (χ4v) is 2.61. The molecule has 5 heteroatoms. The summed E-state index contributed by atoms with van der Waals surface area (Å²) >= 11 is 0. The largest absolute Gasteiger partial charge is 0.322 e. The number of nitrogens with one attached hydrogen (secondary N) is 1. The van der Waals surface area contributed by atoms with Crippen molar-refractivity contribution in [2.45, 2.75) is 12.8 Å². The van der Waals surface area contributed by atoms with E-state index in [0.717, 1.165) is 12.1 Å². The van der Waals surface area contributed by atoms with E-state index in [1.54, 1.807) is 47.4 Å². The maximum absolute atomic E-state index is 12.4. The highest BCUT2D eigenvalue weighted by Crippen LogP contribution is 2.22. The van der Waals surface area contributed by atoms with E-state index >= 15 is 0 Å². The molecule has 1 saturated heterocycles. The van der Waals surface area contributed by atoms with E-state index in [1.165, 1.54) is 0 Å². The molecule has 0 unspecified atom stereocenters. The van der Waals surface area contributed by atoms with Gasteiger partial charge < -0.3 is 10.2 Å². The lowest BCUT2D eigenvalue weighted by Gasteiger charge is -2.16. The Balaban J connectivity index is 1.80. The molecule has 1 aliphatic rings. The van der Waals surface area contributed by atoms with Gasteiger partial charge >= 0.3 is 0 Å². The zero-order valence-electron chi connectivity index (χ0n) is 12.5. The monoisotopic (exact) mass is 305 g/mol. The number of rotatable bonds is 3. The fourth-order valence-electron chi connectivity index (χ4n) is 2.61. The Kier molecular flexibility index (Phi) is 4.07. The van der Waals surface area contributed by atoms with Crippen molar-refractivity contribution < 1.29 is 9.59 Å². The summed E-state index contributed by atoms with van der Waals surface area (Å²) in [6.45, 7) is 0.689. The second kappa shape index (κ2) is 6.32. The minimum Gasteiger partial charge on any atom is -0.322 e. The van der Waals surface area contributed by atoms with Gasteiger partial charge in [0, 0.05) is 29.9 Å². The van der Waals surface area contributed by atoms with Crippen LogP contribution in [0, 0.1) is 11.3 Å². The minimum absolute atomic E-state index is 0.0873. The van der Waals surface area contributed by atoms with Gasteiger partial charge in [0.2, 0.25) is 5.91 Å². The summed E-state index contributed by atoms with van der Waals surface area (Å²) in [5.74, 6) is -0.183. The molecule has 1 heterocycles. The summed E-state index contributed by atoms with van der Waals surface area (Å²) in [7, 11) is 0. The molecule has 2 amide bonds. The van der Waals surface area contributed by atoms with Gasteiger partial charge in [-0.05, 0) is 42.8 Å². The van der Waals surface area contributed by atoms with Gasteiger partial charge in [-0.1, -0.05) is 12.1 Å². The number of carbonyl (C=O) groups excluding carboxylic acids is 2. The van der Waals surface area contributed by atoms with E-state index in [4.69, 9.17) is 5.26 Å². The van der Waals surface area contributed by atoms with E-state index in [2.05, 4.69) is 5.32 Å². The Morgan fingerprint density at radius 3 is 2.74 bits per heavy atom. The fraction of sp³-hybridized carbons (Fsp3) is 0.167. The molecule has 1 N–H and O–H groups in total. The predicted molar refractivity (Wildman–Crippen MR) is 87.1 cm³/mol. The van der Waals surface area contributed by atoms with Crippen molar-refractivity contribution in [3.05, 3.63) is 59.7 Å². The number of anilines is 2. The van der Waals surface area contributed by atoms with Crippen molar-refractivity contribution >= 4 is 23.2 Å². The smallest absolute Gasteiger partial charge is 0.255 e. The first-order valence-corrected chi connectivity index (χ1v) is 7.39. The molecule has 3 rings (SSSR count). The molecular formula is C18H15N3O2. The molecule has 2 aromatic carbocycles. The Morgan fingerprint density at radius 2 is 2.00 bits per heavy atom. The summed E-state index contributed by atoms with van der Waals surface area (Å²) in [5, 5.41) is 11.7. The van der Waals surface area contributed by atoms with Crippen molar-refractivity contribution in [3.8, 4) is 6.07 Å². The second-order valence-corrected chi connectivity index (χ2v) is 5.35. The lowest BCUT2D eigenvalue weighted by Crippen LogP contribution is -2.24. The van der Waals surface area contributed by atoms with Gasteiger partial charge in [-0.15, -0.1) is 0 Å².